The lowest BCUT2D eigenvalue weighted by Gasteiger charge is -2.12. The fourth-order valence-corrected chi connectivity index (χ4v) is 2.31. The van der Waals surface area contributed by atoms with Crippen molar-refractivity contribution < 1.29 is 9.53 Å². The molecule has 1 aromatic heterocycles. The molecular formula is C18H16N6O2. The molecule has 0 unspecified atom stereocenters. The first-order chi connectivity index (χ1) is 12.7. The quantitative estimate of drug-likeness (QED) is 0.699. The first-order valence-corrected chi connectivity index (χ1v) is 7.92. The number of ether oxygens (including phenoxy) is 1. The number of nitrogens with zero attached hydrogens (tertiary/aromatic N) is 5. The van der Waals surface area contributed by atoms with Crippen LogP contribution < -0.4 is 10.1 Å². The van der Waals surface area contributed by atoms with Crippen LogP contribution >= 0.6 is 0 Å². The van der Waals surface area contributed by atoms with E-state index in [0.717, 1.165) is 11.1 Å². The van der Waals surface area contributed by atoms with Crippen LogP contribution in [0, 0.1) is 11.3 Å². The lowest BCUT2D eigenvalue weighted by molar-refractivity contribution is -0.116. The smallest absolute Gasteiger partial charge is 0.246 e. The van der Waals surface area contributed by atoms with Crippen molar-refractivity contribution in [3.05, 3.63) is 66.0 Å². The minimum Gasteiger partial charge on any atom is -0.489 e. The van der Waals surface area contributed by atoms with E-state index in [-0.39, 0.29) is 12.5 Å². The van der Waals surface area contributed by atoms with Gasteiger partial charge in [-0.1, -0.05) is 30.3 Å². The Hall–Kier alpha value is -3.73. The molecule has 0 saturated carbocycles. The molecule has 0 saturated heterocycles. The summed E-state index contributed by atoms with van der Waals surface area (Å²) in [4.78, 5) is 12.1. The van der Waals surface area contributed by atoms with Gasteiger partial charge in [-0.05, 0) is 34.2 Å². The van der Waals surface area contributed by atoms with Crippen molar-refractivity contribution in [3.63, 3.8) is 0 Å². The van der Waals surface area contributed by atoms with Gasteiger partial charge < -0.3 is 10.1 Å². The summed E-state index contributed by atoms with van der Waals surface area (Å²) in [7, 11) is 0. The van der Waals surface area contributed by atoms with Crippen LogP contribution in [0.4, 0.5) is 5.69 Å². The predicted octanol–water partition coefficient (Wildman–Crippen LogP) is 1.96. The van der Waals surface area contributed by atoms with Crippen molar-refractivity contribution in [1.82, 2.24) is 20.2 Å². The summed E-state index contributed by atoms with van der Waals surface area (Å²) in [5.74, 6) is 0.465. The molecule has 0 atom stereocenters. The number of benzene rings is 2. The maximum atomic E-state index is 12.1. The molecule has 8 heteroatoms. The van der Waals surface area contributed by atoms with E-state index in [1.807, 2.05) is 48.5 Å². The van der Waals surface area contributed by atoms with Gasteiger partial charge >= 0.3 is 0 Å². The maximum Gasteiger partial charge on any atom is 0.246 e. The van der Waals surface area contributed by atoms with Crippen LogP contribution in [-0.4, -0.2) is 26.1 Å². The summed E-state index contributed by atoms with van der Waals surface area (Å²) >= 11 is 0. The summed E-state index contributed by atoms with van der Waals surface area (Å²) in [5.41, 5.74) is 2.46. The Morgan fingerprint density at radius 2 is 2.00 bits per heavy atom. The second kappa shape index (κ2) is 8.39. The van der Waals surface area contributed by atoms with Crippen LogP contribution in [0.5, 0.6) is 5.75 Å². The van der Waals surface area contributed by atoms with Crippen LogP contribution in [0.15, 0.2) is 54.9 Å². The zero-order valence-corrected chi connectivity index (χ0v) is 13.9. The molecule has 0 fully saturated rings. The number of hydrogen-bond donors (Lipinski definition) is 1. The molecule has 0 bridgehead atoms. The number of aromatic nitrogens is 4. The van der Waals surface area contributed by atoms with E-state index in [1.54, 1.807) is 0 Å². The fraction of sp³-hybridized carbons (Fsp3) is 0.167. The Kier molecular flexibility index (Phi) is 5.52. The van der Waals surface area contributed by atoms with Gasteiger partial charge in [0, 0.05) is 11.3 Å². The first kappa shape index (κ1) is 17.1. The molecule has 8 nitrogen and oxygen atoms in total. The summed E-state index contributed by atoms with van der Waals surface area (Å²) in [6.07, 6.45) is 1.75. The average molecular weight is 348 g/mol. The molecule has 0 aliphatic carbocycles. The monoisotopic (exact) mass is 348 g/mol. The van der Waals surface area contributed by atoms with E-state index in [9.17, 15) is 4.79 Å². The van der Waals surface area contributed by atoms with Gasteiger partial charge in [0.2, 0.25) is 5.91 Å². The van der Waals surface area contributed by atoms with Crippen molar-refractivity contribution >= 4 is 11.6 Å². The number of amides is 1. The highest BCUT2D eigenvalue weighted by Gasteiger charge is 2.08. The van der Waals surface area contributed by atoms with Gasteiger partial charge in [0.25, 0.3) is 0 Å². The molecule has 0 radical (unpaired) electrons. The molecule has 26 heavy (non-hydrogen) atoms. The lowest BCUT2D eigenvalue weighted by atomic mass is 10.1. The summed E-state index contributed by atoms with van der Waals surface area (Å²) in [5, 5.41) is 22.2. The maximum absolute atomic E-state index is 12.1. The van der Waals surface area contributed by atoms with Gasteiger partial charge in [-0.25, -0.2) is 4.68 Å². The number of carbonyl (C=O) groups excluding carboxylic acids is 1. The first-order valence-electron chi connectivity index (χ1n) is 7.92. The van der Waals surface area contributed by atoms with E-state index in [4.69, 9.17) is 10.00 Å². The van der Waals surface area contributed by atoms with E-state index >= 15 is 0 Å². The molecule has 2 aromatic carbocycles. The SMILES string of the molecule is N#CCc1ccc(OCc2ccccc2NC(=O)Cn2cnnn2)cc1. The molecule has 0 aliphatic heterocycles. The highest BCUT2D eigenvalue weighted by Crippen LogP contribution is 2.19. The van der Waals surface area contributed by atoms with Gasteiger partial charge in [-0.2, -0.15) is 5.26 Å². The molecule has 3 rings (SSSR count). The van der Waals surface area contributed by atoms with Gasteiger partial charge in [0.05, 0.1) is 12.5 Å². The number of tetrazole rings is 1. The Morgan fingerprint density at radius 3 is 2.73 bits per heavy atom. The molecule has 3 aromatic rings. The number of nitrogens with one attached hydrogen (secondary N) is 1. The minimum absolute atomic E-state index is 0.0303. The van der Waals surface area contributed by atoms with Crippen molar-refractivity contribution in [2.45, 2.75) is 19.6 Å². The normalized spacial score (nSPS) is 10.1. The zero-order chi connectivity index (χ0) is 18.2. The Balaban J connectivity index is 1.61. The second-order valence-corrected chi connectivity index (χ2v) is 5.48. The molecule has 1 N–H and O–H groups in total. The topological polar surface area (TPSA) is 106 Å². The third kappa shape index (κ3) is 4.64. The van der Waals surface area contributed by atoms with E-state index < -0.39 is 0 Å². The zero-order valence-electron chi connectivity index (χ0n) is 13.9. The summed E-state index contributed by atoms with van der Waals surface area (Å²) in [6, 6.07) is 16.9. The third-order valence-corrected chi connectivity index (χ3v) is 3.59. The summed E-state index contributed by atoms with van der Waals surface area (Å²) in [6.45, 7) is 0.335. The Morgan fingerprint density at radius 1 is 1.19 bits per heavy atom. The van der Waals surface area contributed by atoms with Crippen molar-refractivity contribution in [1.29, 1.82) is 5.26 Å². The predicted molar refractivity (Wildman–Crippen MR) is 93.0 cm³/mol. The van der Waals surface area contributed by atoms with Gasteiger partial charge in [0.1, 0.15) is 25.2 Å². The number of rotatable bonds is 7. The number of nitriles is 1. The van der Waals surface area contributed by atoms with Gasteiger partial charge in [-0.15, -0.1) is 5.10 Å². The molecule has 0 spiro atoms. The largest absolute Gasteiger partial charge is 0.489 e. The fourth-order valence-electron chi connectivity index (χ4n) is 2.31. The van der Waals surface area contributed by atoms with Crippen LogP contribution in [0.25, 0.3) is 0 Å². The molecule has 1 amide bonds. The molecule has 1 heterocycles. The molecule has 0 aliphatic rings. The standard InChI is InChI=1S/C18H16N6O2/c19-10-9-14-5-7-16(8-6-14)26-12-15-3-1-2-4-17(15)21-18(25)11-24-13-20-22-23-24/h1-8,13H,9,11-12H2,(H,21,25). The number of para-hydroxylation sites is 1. The Labute approximate surface area is 150 Å². The third-order valence-electron chi connectivity index (χ3n) is 3.59. The highest BCUT2D eigenvalue weighted by atomic mass is 16.5. The molecule has 130 valence electrons. The van der Waals surface area contributed by atoms with Gasteiger partial charge in [0.15, 0.2) is 0 Å². The minimum atomic E-state index is -0.231. The van der Waals surface area contributed by atoms with Crippen LogP contribution in [0.2, 0.25) is 0 Å². The van der Waals surface area contributed by atoms with E-state index in [1.165, 1.54) is 11.0 Å². The van der Waals surface area contributed by atoms with Gasteiger partial charge in [-0.3, -0.25) is 4.79 Å². The van der Waals surface area contributed by atoms with Crippen LogP contribution in [0.1, 0.15) is 11.1 Å². The van der Waals surface area contributed by atoms with E-state index in [2.05, 4.69) is 26.9 Å². The van der Waals surface area contributed by atoms with Crippen molar-refractivity contribution in [3.8, 4) is 11.8 Å². The van der Waals surface area contributed by atoms with Crippen LogP contribution in [-0.2, 0) is 24.4 Å². The Bertz CT molecular complexity index is 900. The summed E-state index contributed by atoms with van der Waals surface area (Å²) < 4.78 is 7.13. The number of hydrogen-bond acceptors (Lipinski definition) is 6. The van der Waals surface area contributed by atoms with E-state index in [0.29, 0.717) is 24.5 Å². The number of anilines is 1. The second-order valence-electron chi connectivity index (χ2n) is 5.48. The average Bonchev–Trinajstić information content (AvgIpc) is 3.15. The van der Waals surface area contributed by atoms with Crippen molar-refractivity contribution in [2.24, 2.45) is 0 Å². The lowest BCUT2D eigenvalue weighted by Crippen LogP contribution is -2.20. The molecular weight excluding hydrogens is 332 g/mol. The number of carbonyl (C=O) groups is 1. The van der Waals surface area contributed by atoms with Crippen molar-refractivity contribution in [2.75, 3.05) is 5.32 Å². The van der Waals surface area contributed by atoms with Crippen LogP contribution in [0.3, 0.4) is 0 Å². The highest BCUT2D eigenvalue weighted by molar-refractivity contribution is 5.91.